The zero-order valence-corrected chi connectivity index (χ0v) is 13.1. The van der Waals surface area contributed by atoms with Crippen LogP contribution in [0.15, 0.2) is 12.2 Å². The molecule has 0 saturated heterocycles. The summed E-state index contributed by atoms with van der Waals surface area (Å²) in [4.78, 5) is 11.7. The highest BCUT2D eigenvalue weighted by molar-refractivity contribution is 5.72. The summed E-state index contributed by atoms with van der Waals surface area (Å²) in [5, 5.41) is 0. The van der Waals surface area contributed by atoms with Crippen LogP contribution in [0.5, 0.6) is 0 Å². The van der Waals surface area contributed by atoms with Crippen LogP contribution < -0.4 is 0 Å². The van der Waals surface area contributed by atoms with Gasteiger partial charge in [-0.15, -0.1) is 0 Å². The van der Waals surface area contributed by atoms with Gasteiger partial charge in [-0.1, -0.05) is 39.8 Å². The Morgan fingerprint density at radius 3 is 2.47 bits per heavy atom. The molecule has 108 valence electrons. The molecule has 0 bridgehead atoms. The highest BCUT2D eigenvalue weighted by Crippen LogP contribution is 2.75. The lowest BCUT2D eigenvalue weighted by atomic mass is 9.67. The Hall–Kier alpha value is -0.790. The van der Waals surface area contributed by atoms with Gasteiger partial charge < -0.3 is 4.74 Å². The predicted octanol–water partition coefficient (Wildman–Crippen LogP) is 4.20. The van der Waals surface area contributed by atoms with Crippen LogP contribution in [0.4, 0.5) is 0 Å². The number of hydrogen-bond donors (Lipinski definition) is 0. The van der Waals surface area contributed by atoms with Crippen molar-refractivity contribution in [3.63, 3.8) is 0 Å². The fourth-order valence-electron chi connectivity index (χ4n) is 4.26. The van der Waals surface area contributed by atoms with Gasteiger partial charge in [-0.25, -0.2) is 0 Å². The Bertz CT molecular complexity index is 396. The molecule has 2 rings (SSSR count). The highest BCUT2D eigenvalue weighted by Gasteiger charge is 2.67. The van der Waals surface area contributed by atoms with E-state index in [1.807, 2.05) is 6.92 Å². The topological polar surface area (TPSA) is 26.3 Å². The molecule has 0 amide bonds. The molecule has 0 aromatic carbocycles. The second-order valence-corrected chi connectivity index (χ2v) is 7.32. The summed E-state index contributed by atoms with van der Waals surface area (Å²) >= 11 is 0. The van der Waals surface area contributed by atoms with Crippen LogP contribution in [0.2, 0.25) is 0 Å². The maximum atomic E-state index is 11.7. The molecule has 1 unspecified atom stereocenters. The van der Waals surface area contributed by atoms with E-state index in [0.717, 1.165) is 18.8 Å². The molecule has 2 saturated carbocycles. The van der Waals surface area contributed by atoms with Crippen molar-refractivity contribution < 1.29 is 9.53 Å². The van der Waals surface area contributed by atoms with E-state index in [9.17, 15) is 4.79 Å². The van der Waals surface area contributed by atoms with E-state index in [1.165, 1.54) is 25.5 Å². The first-order chi connectivity index (χ1) is 8.77. The Morgan fingerprint density at radius 2 is 2.05 bits per heavy atom. The fourth-order valence-corrected chi connectivity index (χ4v) is 4.26. The number of ether oxygens (including phenoxy) is 1. The minimum Gasteiger partial charge on any atom is -0.469 e. The molecule has 2 fully saturated rings. The molecule has 2 aliphatic carbocycles. The molecule has 2 nitrogen and oxygen atoms in total. The Labute approximate surface area is 117 Å². The second kappa shape index (κ2) is 4.64. The summed E-state index contributed by atoms with van der Waals surface area (Å²) in [5.41, 5.74) is 2.09. The first-order valence-electron chi connectivity index (χ1n) is 7.53. The van der Waals surface area contributed by atoms with Gasteiger partial charge in [0.2, 0.25) is 0 Å². The largest absolute Gasteiger partial charge is 0.469 e. The third-order valence-corrected chi connectivity index (χ3v) is 6.30. The normalized spacial score (nSPS) is 36.5. The Kier molecular flexibility index (Phi) is 3.57. The molecule has 0 aliphatic heterocycles. The van der Waals surface area contributed by atoms with Crippen molar-refractivity contribution in [2.75, 3.05) is 7.11 Å². The second-order valence-electron chi connectivity index (χ2n) is 7.32. The summed E-state index contributed by atoms with van der Waals surface area (Å²) in [5.74, 6) is 1.34. The molecular weight excluding hydrogens is 236 g/mol. The van der Waals surface area contributed by atoms with Crippen molar-refractivity contribution in [1.29, 1.82) is 0 Å². The highest BCUT2D eigenvalue weighted by atomic mass is 16.5. The lowest BCUT2D eigenvalue weighted by Gasteiger charge is -2.37. The molecular formula is C17H28O2. The van der Waals surface area contributed by atoms with E-state index in [4.69, 9.17) is 4.74 Å². The predicted molar refractivity (Wildman–Crippen MR) is 77.7 cm³/mol. The minimum atomic E-state index is -0.0872. The van der Waals surface area contributed by atoms with Crippen LogP contribution >= 0.6 is 0 Å². The number of hydrogen-bond acceptors (Lipinski definition) is 2. The monoisotopic (exact) mass is 264 g/mol. The third-order valence-electron chi connectivity index (χ3n) is 6.30. The quantitative estimate of drug-likeness (QED) is 0.549. The van der Waals surface area contributed by atoms with E-state index >= 15 is 0 Å². The van der Waals surface area contributed by atoms with Crippen LogP contribution in [-0.4, -0.2) is 13.1 Å². The molecule has 2 aliphatic rings. The molecule has 0 heterocycles. The average Bonchev–Trinajstić information content (AvgIpc) is 2.99. The van der Waals surface area contributed by atoms with Gasteiger partial charge in [-0.05, 0) is 48.3 Å². The van der Waals surface area contributed by atoms with Gasteiger partial charge >= 0.3 is 5.97 Å². The van der Waals surface area contributed by atoms with Gasteiger partial charge in [0.15, 0.2) is 0 Å². The smallest absolute Gasteiger partial charge is 0.308 e. The van der Waals surface area contributed by atoms with Gasteiger partial charge in [-0.3, -0.25) is 4.79 Å². The number of fused-ring (bicyclic) bond motifs is 1. The van der Waals surface area contributed by atoms with Crippen LogP contribution in [0.3, 0.4) is 0 Å². The van der Waals surface area contributed by atoms with Crippen molar-refractivity contribution in [2.24, 2.45) is 28.6 Å². The van der Waals surface area contributed by atoms with E-state index in [-0.39, 0.29) is 11.9 Å². The zero-order valence-electron chi connectivity index (χ0n) is 13.1. The average molecular weight is 264 g/mol. The number of allylic oxidation sites excluding steroid dienone is 1. The molecule has 0 aromatic heterocycles. The van der Waals surface area contributed by atoms with Crippen molar-refractivity contribution in [2.45, 2.75) is 53.4 Å². The number of rotatable bonds is 5. The lowest BCUT2D eigenvalue weighted by molar-refractivity contribution is -0.145. The summed E-state index contributed by atoms with van der Waals surface area (Å²) in [6.07, 6.45) is 4.26. The number of carbonyl (C=O) groups excluding carboxylic acids is 1. The lowest BCUT2D eigenvalue weighted by Crippen LogP contribution is -2.30. The SMILES string of the molecule is C=C(CC(CC)C(=O)OC)[C@H]1C[C@@H]2C[C@]2(C)C1(C)C. The molecule has 0 spiro atoms. The number of esters is 1. The van der Waals surface area contributed by atoms with Crippen molar-refractivity contribution >= 4 is 5.97 Å². The number of carbonyl (C=O) groups is 1. The van der Waals surface area contributed by atoms with E-state index in [0.29, 0.717) is 16.7 Å². The summed E-state index contributed by atoms with van der Waals surface area (Å²) < 4.78 is 4.89. The third kappa shape index (κ3) is 2.13. The van der Waals surface area contributed by atoms with Gasteiger partial charge in [-0.2, -0.15) is 0 Å². The Morgan fingerprint density at radius 1 is 1.42 bits per heavy atom. The zero-order chi connectivity index (χ0) is 14.4. The molecule has 19 heavy (non-hydrogen) atoms. The van der Waals surface area contributed by atoms with Crippen molar-refractivity contribution in [3.8, 4) is 0 Å². The fraction of sp³-hybridized carbons (Fsp3) is 0.824. The van der Waals surface area contributed by atoms with Gasteiger partial charge in [0.1, 0.15) is 0 Å². The molecule has 4 atom stereocenters. The maximum absolute atomic E-state index is 11.7. The van der Waals surface area contributed by atoms with Gasteiger partial charge in [0, 0.05) is 0 Å². The molecule has 2 heteroatoms. The standard InChI is InChI=1S/C17H28O2/c1-7-12(15(18)19-6)8-11(2)14-9-13-10-17(13,5)16(14,3)4/h12-14H,2,7-10H2,1,3-6H3/t12?,13-,14-,17+/m1/s1. The van der Waals surface area contributed by atoms with Crippen LogP contribution in [0.1, 0.15) is 53.4 Å². The minimum absolute atomic E-state index is 0.0157. The maximum Gasteiger partial charge on any atom is 0.308 e. The summed E-state index contributed by atoms with van der Waals surface area (Å²) in [6, 6.07) is 0. The summed E-state index contributed by atoms with van der Waals surface area (Å²) in [6.45, 7) is 13.6. The summed E-state index contributed by atoms with van der Waals surface area (Å²) in [7, 11) is 1.48. The first-order valence-corrected chi connectivity index (χ1v) is 7.53. The Balaban J connectivity index is 2.03. The number of methoxy groups -OCH3 is 1. The van der Waals surface area contributed by atoms with Gasteiger partial charge in [0.25, 0.3) is 0 Å². The van der Waals surface area contributed by atoms with Crippen LogP contribution in [-0.2, 0) is 9.53 Å². The molecule has 0 aromatic rings. The van der Waals surface area contributed by atoms with E-state index < -0.39 is 0 Å². The molecule has 0 N–H and O–H groups in total. The van der Waals surface area contributed by atoms with E-state index in [1.54, 1.807) is 0 Å². The van der Waals surface area contributed by atoms with Gasteiger partial charge in [0.05, 0.1) is 13.0 Å². The van der Waals surface area contributed by atoms with Crippen LogP contribution in [0.25, 0.3) is 0 Å². The van der Waals surface area contributed by atoms with Crippen molar-refractivity contribution in [3.05, 3.63) is 12.2 Å². The molecule has 0 radical (unpaired) electrons. The van der Waals surface area contributed by atoms with Crippen LogP contribution in [0, 0.1) is 28.6 Å². The first kappa shape index (κ1) is 14.6. The van der Waals surface area contributed by atoms with Crippen molar-refractivity contribution in [1.82, 2.24) is 0 Å². The van der Waals surface area contributed by atoms with E-state index in [2.05, 4.69) is 27.4 Å².